The summed E-state index contributed by atoms with van der Waals surface area (Å²) in [4.78, 5) is 14.3. The molecule has 19 heavy (non-hydrogen) atoms. The average Bonchev–Trinajstić information content (AvgIpc) is 2.42. The van der Waals surface area contributed by atoms with Crippen LogP contribution in [-0.4, -0.2) is 24.2 Å². The number of rotatable bonds is 2. The number of fused-ring (bicyclic) bond motifs is 1. The van der Waals surface area contributed by atoms with Crippen LogP contribution < -0.4 is 15.6 Å². The smallest absolute Gasteiger partial charge is 0.255 e. The van der Waals surface area contributed by atoms with Crippen molar-refractivity contribution in [2.24, 2.45) is 0 Å². The molecule has 1 aliphatic rings. The maximum atomic E-state index is 11.7. The minimum absolute atomic E-state index is 0.134. The van der Waals surface area contributed by atoms with Crippen LogP contribution in [0.3, 0.4) is 0 Å². The predicted molar refractivity (Wildman–Crippen MR) is 76.1 cm³/mol. The van der Waals surface area contributed by atoms with Gasteiger partial charge in [-0.15, -0.1) is 0 Å². The lowest BCUT2D eigenvalue weighted by Crippen LogP contribution is -2.37. The van der Waals surface area contributed by atoms with Crippen molar-refractivity contribution in [2.45, 2.75) is 18.9 Å². The van der Waals surface area contributed by atoms with E-state index in [0.29, 0.717) is 16.2 Å². The van der Waals surface area contributed by atoms with E-state index in [1.54, 1.807) is 12.3 Å². The lowest BCUT2D eigenvalue weighted by atomic mass is 10.1. The van der Waals surface area contributed by atoms with E-state index in [2.05, 4.69) is 10.3 Å². The fourth-order valence-corrected chi connectivity index (χ4v) is 2.59. The van der Waals surface area contributed by atoms with Gasteiger partial charge in [-0.25, -0.2) is 0 Å². The highest BCUT2D eigenvalue weighted by molar-refractivity contribution is 6.32. The molecular weight excluding hydrogens is 264 g/mol. The van der Waals surface area contributed by atoms with Gasteiger partial charge in [-0.05, 0) is 43.0 Å². The number of hydrogen-bond donors (Lipinski definition) is 2. The molecule has 1 fully saturated rings. The maximum absolute atomic E-state index is 11.7. The molecule has 0 bridgehead atoms. The molecule has 2 N–H and O–H groups in total. The summed E-state index contributed by atoms with van der Waals surface area (Å²) >= 11 is 6.20. The second-order valence-electron chi connectivity index (χ2n) is 4.76. The van der Waals surface area contributed by atoms with Crippen molar-refractivity contribution in [1.29, 1.82) is 0 Å². The Morgan fingerprint density at radius 3 is 3.05 bits per heavy atom. The highest BCUT2D eigenvalue weighted by Gasteiger charge is 2.16. The fourth-order valence-electron chi connectivity index (χ4n) is 2.38. The number of aromatic amines is 1. The number of ether oxygens (including phenoxy) is 1. The molecule has 3 rings (SSSR count). The van der Waals surface area contributed by atoms with Gasteiger partial charge in [0.25, 0.3) is 5.56 Å². The molecule has 0 radical (unpaired) electrons. The Morgan fingerprint density at radius 2 is 2.26 bits per heavy atom. The van der Waals surface area contributed by atoms with Crippen LogP contribution in [0.2, 0.25) is 5.02 Å². The van der Waals surface area contributed by atoms with E-state index in [4.69, 9.17) is 16.3 Å². The van der Waals surface area contributed by atoms with Gasteiger partial charge in [0, 0.05) is 18.1 Å². The largest absolute Gasteiger partial charge is 0.488 e. The number of nitrogens with one attached hydrogen (secondary N) is 2. The minimum atomic E-state index is -0.134. The monoisotopic (exact) mass is 278 g/mol. The van der Waals surface area contributed by atoms with Gasteiger partial charge < -0.3 is 15.0 Å². The summed E-state index contributed by atoms with van der Waals surface area (Å²) < 4.78 is 5.93. The van der Waals surface area contributed by atoms with Crippen LogP contribution >= 0.6 is 11.6 Å². The van der Waals surface area contributed by atoms with E-state index in [-0.39, 0.29) is 11.7 Å². The zero-order valence-electron chi connectivity index (χ0n) is 10.4. The van der Waals surface area contributed by atoms with Crippen molar-refractivity contribution in [3.8, 4) is 5.75 Å². The molecule has 1 aromatic heterocycles. The quantitative estimate of drug-likeness (QED) is 0.886. The molecule has 1 atom stereocenters. The summed E-state index contributed by atoms with van der Waals surface area (Å²) in [5.41, 5.74) is -0.134. The van der Waals surface area contributed by atoms with Gasteiger partial charge in [0.05, 0.1) is 5.02 Å². The molecule has 1 aliphatic heterocycles. The third-order valence-electron chi connectivity index (χ3n) is 3.37. The topological polar surface area (TPSA) is 54.1 Å². The SMILES string of the molecule is O=c1[nH]ccc2cc(O[C@@H]3CCCNC3)c(Cl)cc12. The van der Waals surface area contributed by atoms with E-state index >= 15 is 0 Å². The highest BCUT2D eigenvalue weighted by Crippen LogP contribution is 2.30. The van der Waals surface area contributed by atoms with Crippen LogP contribution in [0.1, 0.15) is 12.8 Å². The Labute approximate surface area is 115 Å². The van der Waals surface area contributed by atoms with Crippen molar-refractivity contribution >= 4 is 22.4 Å². The lowest BCUT2D eigenvalue weighted by Gasteiger charge is -2.24. The van der Waals surface area contributed by atoms with Gasteiger partial charge in [-0.3, -0.25) is 4.79 Å². The van der Waals surface area contributed by atoms with Crippen molar-refractivity contribution in [1.82, 2.24) is 10.3 Å². The third kappa shape index (κ3) is 2.60. The van der Waals surface area contributed by atoms with Gasteiger partial charge in [0.15, 0.2) is 0 Å². The number of piperidine rings is 1. The highest BCUT2D eigenvalue weighted by atomic mass is 35.5. The van der Waals surface area contributed by atoms with Crippen molar-refractivity contribution in [3.63, 3.8) is 0 Å². The zero-order chi connectivity index (χ0) is 13.2. The number of hydrogen-bond acceptors (Lipinski definition) is 3. The molecule has 1 saturated heterocycles. The van der Waals surface area contributed by atoms with Gasteiger partial charge in [0.1, 0.15) is 11.9 Å². The summed E-state index contributed by atoms with van der Waals surface area (Å²) in [5.74, 6) is 0.647. The van der Waals surface area contributed by atoms with Gasteiger partial charge >= 0.3 is 0 Å². The first-order chi connectivity index (χ1) is 9.24. The molecular formula is C14H15ClN2O2. The number of benzene rings is 1. The molecule has 100 valence electrons. The average molecular weight is 279 g/mol. The second kappa shape index (κ2) is 5.23. The fraction of sp³-hybridized carbons (Fsp3) is 0.357. The number of H-pyrrole nitrogens is 1. The third-order valence-corrected chi connectivity index (χ3v) is 3.67. The summed E-state index contributed by atoms with van der Waals surface area (Å²) in [6, 6.07) is 5.35. The number of halogens is 1. The van der Waals surface area contributed by atoms with E-state index in [9.17, 15) is 4.79 Å². The zero-order valence-corrected chi connectivity index (χ0v) is 11.2. The first-order valence-corrected chi connectivity index (χ1v) is 6.80. The van der Waals surface area contributed by atoms with E-state index in [1.165, 1.54) is 0 Å². The Balaban J connectivity index is 1.95. The van der Waals surface area contributed by atoms with E-state index in [1.807, 2.05) is 12.1 Å². The summed E-state index contributed by atoms with van der Waals surface area (Å²) in [6.07, 6.45) is 3.90. The first kappa shape index (κ1) is 12.5. The molecule has 4 nitrogen and oxygen atoms in total. The molecule has 5 heteroatoms. The number of pyridine rings is 1. The molecule has 2 aromatic rings. The van der Waals surface area contributed by atoms with Crippen LogP contribution in [-0.2, 0) is 0 Å². The van der Waals surface area contributed by atoms with Crippen molar-refractivity contribution in [2.75, 3.05) is 13.1 Å². The molecule has 2 heterocycles. The Morgan fingerprint density at radius 1 is 1.37 bits per heavy atom. The van der Waals surface area contributed by atoms with Crippen molar-refractivity contribution in [3.05, 3.63) is 39.8 Å². The second-order valence-corrected chi connectivity index (χ2v) is 5.17. The van der Waals surface area contributed by atoms with Gasteiger partial charge in [-0.1, -0.05) is 11.6 Å². The Bertz CT molecular complexity index is 647. The normalized spacial score (nSPS) is 19.5. The summed E-state index contributed by atoms with van der Waals surface area (Å²) in [7, 11) is 0. The number of aromatic nitrogens is 1. The van der Waals surface area contributed by atoms with Gasteiger partial charge in [0.2, 0.25) is 0 Å². The molecule has 0 saturated carbocycles. The van der Waals surface area contributed by atoms with Crippen molar-refractivity contribution < 1.29 is 4.74 Å². The minimum Gasteiger partial charge on any atom is -0.488 e. The maximum Gasteiger partial charge on any atom is 0.255 e. The first-order valence-electron chi connectivity index (χ1n) is 6.42. The van der Waals surface area contributed by atoms with Crippen LogP contribution in [0.15, 0.2) is 29.2 Å². The lowest BCUT2D eigenvalue weighted by molar-refractivity contribution is 0.167. The standard InChI is InChI=1S/C14H15ClN2O2/c15-12-7-11-9(3-5-17-14(11)18)6-13(12)19-10-2-1-4-16-8-10/h3,5-7,10,16H,1-2,4,8H2,(H,17,18)/t10-/m1/s1. The predicted octanol–water partition coefficient (Wildman–Crippen LogP) is 2.31. The van der Waals surface area contributed by atoms with Crippen LogP contribution in [0.25, 0.3) is 10.8 Å². The molecule has 0 amide bonds. The molecule has 1 aromatic carbocycles. The Kier molecular flexibility index (Phi) is 3.44. The summed E-state index contributed by atoms with van der Waals surface area (Å²) in [5, 5.41) is 5.20. The molecule has 0 aliphatic carbocycles. The molecule has 0 spiro atoms. The van der Waals surface area contributed by atoms with E-state index in [0.717, 1.165) is 31.3 Å². The van der Waals surface area contributed by atoms with Crippen LogP contribution in [0.4, 0.5) is 0 Å². The van der Waals surface area contributed by atoms with E-state index < -0.39 is 0 Å². The van der Waals surface area contributed by atoms with Crippen LogP contribution in [0, 0.1) is 0 Å². The Hall–Kier alpha value is -1.52. The van der Waals surface area contributed by atoms with Gasteiger partial charge in [-0.2, -0.15) is 0 Å². The summed E-state index contributed by atoms with van der Waals surface area (Å²) in [6.45, 7) is 1.88. The van der Waals surface area contributed by atoms with Crippen LogP contribution in [0.5, 0.6) is 5.75 Å². The molecule has 0 unspecified atom stereocenters.